The van der Waals surface area contributed by atoms with Gasteiger partial charge in [0.1, 0.15) is 9.96 Å². The summed E-state index contributed by atoms with van der Waals surface area (Å²) in [5.41, 5.74) is 0.988. The highest BCUT2D eigenvalue weighted by molar-refractivity contribution is 7.75. The van der Waals surface area contributed by atoms with E-state index in [1.165, 1.54) is 25.3 Å². The molecule has 7 nitrogen and oxygen atoms in total. The summed E-state index contributed by atoms with van der Waals surface area (Å²) >= 11 is 0.873. The molecule has 0 aliphatic carbocycles. The minimum absolute atomic E-state index is 0.0761. The van der Waals surface area contributed by atoms with Crippen LogP contribution in [0.4, 0.5) is 5.13 Å². The van der Waals surface area contributed by atoms with Gasteiger partial charge in [-0.05, 0) is 30.7 Å². The van der Waals surface area contributed by atoms with E-state index in [-0.39, 0.29) is 9.34 Å². The maximum Gasteiger partial charge on any atom is 0.308 e. The number of thiazole rings is 1. The van der Waals surface area contributed by atoms with Crippen LogP contribution in [0.1, 0.15) is 22.8 Å². The molecule has 2 aromatic rings. The van der Waals surface area contributed by atoms with E-state index >= 15 is 0 Å². The predicted molar refractivity (Wildman–Crippen MR) is 81.1 cm³/mol. The SMILES string of the molecule is CC(=O)Oc1ccc(C(=O)Nc2ncc([SH](=O)=O)s2)c(C)c1. The van der Waals surface area contributed by atoms with Crippen molar-refractivity contribution < 1.29 is 22.7 Å². The van der Waals surface area contributed by atoms with Crippen molar-refractivity contribution in [1.29, 1.82) is 0 Å². The number of benzene rings is 1. The summed E-state index contributed by atoms with van der Waals surface area (Å²) in [4.78, 5) is 26.9. The Morgan fingerprint density at radius 2 is 2.05 bits per heavy atom. The molecule has 0 unspecified atom stereocenters. The molecular weight excluding hydrogens is 328 g/mol. The first-order chi connectivity index (χ1) is 10.4. The van der Waals surface area contributed by atoms with Crippen LogP contribution in [0.2, 0.25) is 0 Å². The molecule has 1 heterocycles. The van der Waals surface area contributed by atoms with Crippen molar-refractivity contribution in [3.63, 3.8) is 0 Å². The fraction of sp³-hybridized carbons (Fsp3) is 0.154. The highest BCUT2D eigenvalue weighted by atomic mass is 32.2. The first kappa shape index (κ1) is 16.1. The van der Waals surface area contributed by atoms with E-state index in [1.54, 1.807) is 13.0 Å². The molecule has 0 saturated carbocycles. The summed E-state index contributed by atoms with van der Waals surface area (Å²) in [6.45, 7) is 2.99. The van der Waals surface area contributed by atoms with Crippen LogP contribution in [-0.2, 0) is 15.5 Å². The van der Waals surface area contributed by atoms with Gasteiger partial charge in [0.2, 0.25) is 0 Å². The Labute approximate surface area is 131 Å². The van der Waals surface area contributed by atoms with E-state index in [0.29, 0.717) is 16.9 Å². The molecule has 2 rings (SSSR count). The molecule has 9 heteroatoms. The van der Waals surface area contributed by atoms with Gasteiger partial charge in [0.25, 0.3) is 5.91 Å². The number of esters is 1. The molecule has 0 spiro atoms. The van der Waals surface area contributed by atoms with E-state index in [0.717, 1.165) is 11.3 Å². The molecule has 22 heavy (non-hydrogen) atoms. The monoisotopic (exact) mass is 340 g/mol. The third-order valence-electron chi connectivity index (χ3n) is 2.60. The largest absolute Gasteiger partial charge is 0.427 e. The zero-order chi connectivity index (χ0) is 16.3. The van der Waals surface area contributed by atoms with Crippen LogP contribution >= 0.6 is 11.3 Å². The minimum Gasteiger partial charge on any atom is -0.427 e. The smallest absolute Gasteiger partial charge is 0.308 e. The van der Waals surface area contributed by atoms with E-state index in [2.05, 4.69) is 10.3 Å². The van der Waals surface area contributed by atoms with Gasteiger partial charge in [-0.25, -0.2) is 13.4 Å². The molecule has 1 N–H and O–H groups in total. The van der Waals surface area contributed by atoms with E-state index in [1.807, 2.05) is 0 Å². The summed E-state index contributed by atoms with van der Waals surface area (Å²) in [5.74, 6) is -0.519. The van der Waals surface area contributed by atoms with Crippen LogP contribution in [0.3, 0.4) is 0 Å². The average molecular weight is 340 g/mol. The third kappa shape index (κ3) is 3.89. The maximum absolute atomic E-state index is 12.1. The molecule has 1 aromatic carbocycles. The summed E-state index contributed by atoms with van der Waals surface area (Å²) < 4.78 is 26.6. The van der Waals surface area contributed by atoms with Gasteiger partial charge in [0.05, 0.1) is 6.20 Å². The Bertz CT molecular complexity index is 803. The Kier molecular flexibility index (Phi) is 4.88. The topological polar surface area (TPSA) is 102 Å². The molecule has 0 aliphatic rings. The van der Waals surface area contributed by atoms with E-state index in [4.69, 9.17) is 4.74 Å². The molecule has 0 saturated heterocycles. The second kappa shape index (κ2) is 6.67. The molecule has 0 radical (unpaired) electrons. The molecule has 116 valence electrons. The Morgan fingerprint density at radius 1 is 1.32 bits per heavy atom. The second-order valence-electron chi connectivity index (χ2n) is 4.29. The number of amides is 1. The van der Waals surface area contributed by atoms with Crippen LogP contribution < -0.4 is 10.1 Å². The van der Waals surface area contributed by atoms with Gasteiger partial charge in [-0.3, -0.25) is 14.9 Å². The van der Waals surface area contributed by atoms with Crippen LogP contribution in [0.5, 0.6) is 5.75 Å². The minimum atomic E-state index is -2.72. The summed E-state index contributed by atoms with van der Waals surface area (Å²) in [7, 11) is -2.72. The number of thiol groups is 1. The van der Waals surface area contributed by atoms with Crippen molar-refractivity contribution in [3.05, 3.63) is 35.5 Å². The summed E-state index contributed by atoms with van der Waals surface area (Å²) in [6.07, 6.45) is 1.18. The van der Waals surface area contributed by atoms with Crippen molar-refractivity contribution in [2.24, 2.45) is 0 Å². The number of aromatic nitrogens is 1. The van der Waals surface area contributed by atoms with Gasteiger partial charge >= 0.3 is 5.97 Å². The Morgan fingerprint density at radius 3 is 2.59 bits per heavy atom. The highest BCUT2D eigenvalue weighted by Crippen LogP contribution is 2.22. The standard InChI is InChI=1S/C13H12N2O5S2/c1-7-5-9(20-8(2)16)3-4-10(7)12(17)15-13-14-6-11(21-13)22(18)19/h3-6,22H,1-2H3,(H,14,15,17). The lowest BCUT2D eigenvalue weighted by molar-refractivity contribution is -0.131. The Balaban J connectivity index is 2.16. The zero-order valence-electron chi connectivity index (χ0n) is 11.7. The van der Waals surface area contributed by atoms with Crippen LogP contribution in [0.15, 0.2) is 28.6 Å². The summed E-state index contributed by atoms with van der Waals surface area (Å²) in [5, 5.41) is 2.72. The van der Waals surface area contributed by atoms with Crippen LogP contribution in [0, 0.1) is 6.92 Å². The average Bonchev–Trinajstić information content (AvgIpc) is 2.86. The lowest BCUT2D eigenvalue weighted by Gasteiger charge is -2.07. The number of ether oxygens (including phenoxy) is 1. The normalized spacial score (nSPS) is 10.5. The number of hydrogen-bond acceptors (Lipinski definition) is 7. The number of anilines is 1. The molecule has 0 bridgehead atoms. The number of nitrogens with zero attached hydrogens (tertiary/aromatic N) is 1. The lowest BCUT2D eigenvalue weighted by Crippen LogP contribution is -2.13. The lowest BCUT2D eigenvalue weighted by atomic mass is 10.1. The molecule has 0 aliphatic heterocycles. The number of hydrogen-bond donors (Lipinski definition) is 2. The third-order valence-corrected chi connectivity index (χ3v) is 4.51. The maximum atomic E-state index is 12.1. The molecule has 1 amide bonds. The molecule has 0 atom stereocenters. The fourth-order valence-corrected chi connectivity index (χ4v) is 2.95. The van der Waals surface area contributed by atoms with Gasteiger partial charge in [-0.15, -0.1) is 0 Å². The number of rotatable bonds is 4. The van der Waals surface area contributed by atoms with Crippen LogP contribution in [-0.4, -0.2) is 25.3 Å². The zero-order valence-corrected chi connectivity index (χ0v) is 13.4. The molecular formula is C13H12N2O5S2. The van der Waals surface area contributed by atoms with Crippen molar-refractivity contribution in [3.8, 4) is 5.75 Å². The predicted octanol–water partition coefficient (Wildman–Crippen LogP) is 1.60. The van der Waals surface area contributed by atoms with Gasteiger partial charge in [0, 0.05) is 12.5 Å². The van der Waals surface area contributed by atoms with Gasteiger partial charge in [0.15, 0.2) is 15.8 Å². The Hall–Kier alpha value is -2.26. The van der Waals surface area contributed by atoms with Crippen LogP contribution in [0.25, 0.3) is 0 Å². The molecule has 1 aromatic heterocycles. The first-order valence-electron chi connectivity index (χ1n) is 6.07. The number of nitrogens with one attached hydrogen (secondary N) is 1. The van der Waals surface area contributed by atoms with E-state index < -0.39 is 22.6 Å². The van der Waals surface area contributed by atoms with Crippen molar-refractivity contribution in [1.82, 2.24) is 4.98 Å². The fourth-order valence-electron chi connectivity index (χ4n) is 1.69. The van der Waals surface area contributed by atoms with Gasteiger partial charge in [-0.1, -0.05) is 11.3 Å². The van der Waals surface area contributed by atoms with Crippen molar-refractivity contribution in [2.45, 2.75) is 18.1 Å². The van der Waals surface area contributed by atoms with Gasteiger partial charge in [-0.2, -0.15) is 0 Å². The highest BCUT2D eigenvalue weighted by Gasteiger charge is 2.13. The number of carbonyl (C=O) groups excluding carboxylic acids is 2. The van der Waals surface area contributed by atoms with Crippen molar-refractivity contribution in [2.75, 3.05) is 5.32 Å². The number of aryl methyl sites for hydroxylation is 1. The van der Waals surface area contributed by atoms with Gasteiger partial charge < -0.3 is 4.74 Å². The van der Waals surface area contributed by atoms with Crippen molar-refractivity contribution >= 4 is 39.0 Å². The molecule has 0 fully saturated rings. The quantitative estimate of drug-likeness (QED) is 0.498. The first-order valence-corrected chi connectivity index (χ1v) is 8.07. The summed E-state index contributed by atoms with van der Waals surface area (Å²) in [6, 6.07) is 4.59. The number of carbonyl (C=O) groups is 2. The van der Waals surface area contributed by atoms with E-state index in [9.17, 15) is 18.0 Å². The second-order valence-corrected chi connectivity index (χ2v) is 6.61.